The molecule has 20 heavy (non-hydrogen) atoms. The molecule has 0 atom stereocenters. The SMILES string of the molecule is O=C(O)c1ccc(COc2ccc(F)c(Cl)c2)c(Cl)c1. The topological polar surface area (TPSA) is 46.5 Å². The van der Waals surface area contributed by atoms with Gasteiger partial charge < -0.3 is 9.84 Å². The van der Waals surface area contributed by atoms with Crippen LogP contribution in [0.4, 0.5) is 4.39 Å². The first-order chi connectivity index (χ1) is 9.47. The summed E-state index contributed by atoms with van der Waals surface area (Å²) in [6, 6.07) is 8.35. The number of carboxylic acids is 1. The molecule has 0 heterocycles. The van der Waals surface area contributed by atoms with Crippen molar-refractivity contribution < 1.29 is 19.0 Å². The Morgan fingerprint density at radius 1 is 1.15 bits per heavy atom. The number of carbonyl (C=O) groups is 1. The van der Waals surface area contributed by atoms with E-state index in [0.29, 0.717) is 11.3 Å². The van der Waals surface area contributed by atoms with Gasteiger partial charge in [-0.3, -0.25) is 0 Å². The number of ether oxygens (including phenoxy) is 1. The lowest BCUT2D eigenvalue weighted by Gasteiger charge is -2.09. The van der Waals surface area contributed by atoms with Crippen molar-refractivity contribution in [3.8, 4) is 5.75 Å². The third-order valence-electron chi connectivity index (χ3n) is 2.59. The molecule has 0 bridgehead atoms. The Morgan fingerprint density at radius 2 is 1.90 bits per heavy atom. The molecule has 0 unspecified atom stereocenters. The molecule has 0 saturated carbocycles. The van der Waals surface area contributed by atoms with Crippen molar-refractivity contribution in [2.75, 3.05) is 0 Å². The van der Waals surface area contributed by atoms with Gasteiger partial charge in [0.2, 0.25) is 0 Å². The zero-order valence-electron chi connectivity index (χ0n) is 10.1. The van der Waals surface area contributed by atoms with Gasteiger partial charge in [-0.15, -0.1) is 0 Å². The molecule has 2 aromatic carbocycles. The van der Waals surface area contributed by atoms with Crippen LogP contribution in [-0.4, -0.2) is 11.1 Å². The first-order valence-electron chi connectivity index (χ1n) is 5.57. The van der Waals surface area contributed by atoms with Gasteiger partial charge in [-0.25, -0.2) is 9.18 Å². The van der Waals surface area contributed by atoms with Gasteiger partial charge >= 0.3 is 5.97 Å². The number of aromatic carboxylic acids is 1. The Morgan fingerprint density at radius 3 is 2.50 bits per heavy atom. The second-order valence-electron chi connectivity index (χ2n) is 3.98. The summed E-state index contributed by atoms with van der Waals surface area (Å²) in [5.41, 5.74) is 0.723. The maximum absolute atomic E-state index is 13.0. The van der Waals surface area contributed by atoms with Gasteiger partial charge in [-0.1, -0.05) is 29.3 Å². The van der Waals surface area contributed by atoms with Crippen LogP contribution in [0, 0.1) is 5.82 Å². The molecule has 0 spiro atoms. The van der Waals surface area contributed by atoms with Gasteiger partial charge in [0.05, 0.1) is 10.6 Å². The fraction of sp³-hybridized carbons (Fsp3) is 0.0714. The van der Waals surface area contributed by atoms with Gasteiger partial charge in [0.25, 0.3) is 0 Å². The number of hydrogen-bond acceptors (Lipinski definition) is 2. The summed E-state index contributed by atoms with van der Waals surface area (Å²) in [6.45, 7) is 0.126. The van der Waals surface area contributed by atoms with Gasteiger partial charge in [-0.2, -0.15) is 0 Å². The molecule has 2 rings (SSSR count). The summed E-state index contributed by atoms with van der Waals surface area (Å²) >= 11 is 11.6. The molecule has 1 N–H and O–H groups in total. The van der Waals surface area contributed by atoms with E-state index in [1.165, 1.54) is 30.3 Å². The second-order valence-corrected chi connectivity index (χ2v) is 4.79. The van der Waals surface area contributed by atoms with Crippen molar-refractivity contribution in [1.82, 2.24) is 0 Å². The van der Waals surface area contributed by atoms with Gasteiger partial charge in [0.15, 0.2) is 0 Å². The molecule has 0 aliphatic rings. The zero-order valence-corrected chi connectivity index (χ0v) is 11.6. The van der Waals surface area contributed by atoms with Crippen LogP contribution in [0.5, 0.6) is 5.75 Å². The van der Waals surface area contributed by atoms with Gasteiger partial charge in [0, 0.05) is 16.7 Å². The van der Waals surface area contributed by atoms with E-state index in [4.69, 9.17) is 33.0 Å². The Labute approximate surface area is 124 Å². The lowest BCUT2D eigenvalue weighted by molar-refractivity contribution is 0.0697. The highest BCUT2D eigenvalue weighted by atomic mass is 35.5. The fourth-order valence-corrected chi connectivity index (χ4v) is 1.93. The monoisotopic (exact) mass is 314 g/mol. The molecule has 0 aliphatic carbocycles. The molecule has 0 radical (unpaired) electrons. The lowest BCUT2D eigenvalue weighted by atomic mass is 10.1. The molecular weight excluding hydrogens is 306 g/mol. The average molecular weight is 315 g/mol. The highest BCUT2D eigenvalue weighted by Crippen LogP contribution is 2.24. The van der Waals surface area contributed by atoms with Gasteiger partial charge in [-0.05, 0) is 24.3 Å². The molecule has 3 nitrogen and oxygen atoms in total. The molecule has 0 aliphatic heterocycles. The summed E-state index contributed by atoms with van der Waals surface area (Å²) in [7, 11) is 0. The van der Waals surface area contributed by atoms with Crippen LogP contribution >= 0.6 is 23.2 Å². The number of halogens is 3. The van der Waals surface area contributed by atoms with Crippen LogP contribution in [0.1, 0.15) is 15.9 Å². The van der Waals surface area contributed by atoms with E-state index >= 15 is 0 Å². The zero-order chi connectivity index (χ0) is 14.7. The summed E-state index contributed by atoms with van der Waals surface area (Å²) in [4.78, 5) is 10.8. The molecule has 0 aromatic heterocycles. The van der Waals surface area contributed by atoms with Crippen LogP contribution < -0.4 is 4.74 Å². The molecule has 0 fully saturated rings. The van der Waals surface area contributed by atoms with Crippen LogP contribution in [-0.2, 0) is 6.61 Å². The van der Waals surface area contributed by atoms with Crippen molar-refractivity contribution in [3.05, 3.63) is 63.4 Å². The smallest absolute Gasteiger partial charge is 0.335 e. The summed E-state index contributed by atoms with van der Waals surface area (Å²) in [6.07, 6.45) is 0. The minimum Gasteiger partial charge on any atom is -0.489 e. The molecule has 0 amide bonds. The minimum absolute atomic E-state index is 0.0326. The maximum Gasteiger partial charge on any atom is 0.335 e. The quantitative estimate of drug-likeness (QED) is 0.909. The first kappa shape index (κ1) is 14.6. The predicted octanol–water partition coefficient (Wildman–Crippen LogP) is 4.41. The van der Waals surface area contributed by atoms with E-state index in [0.717, 1.165) is 0 Å². The van der Waals surface area contributed by atoms with E-state index in [1.807, 2.05) is 0 Å². The standard InChI is InChI=1S/C14H9Cl2FO3/c15-11-5-8(14(18)19)1-2-9(11)7-20-10-3-4-13(17)12(16)6-10/h1-6H,7H2,(H,18,19). The van der Waals surface area contributed by atoms with E-state index in [-0.39, 0.29) is 22.2 Å². The fourth-order valence-electron chi connectivity index (χ4n) is 1.53. The maximum atomic E-state index is 13.0. The third kappa shape index (κ3) is 3.40. The summed E-state index contributed by atoms with van der Waals surface area (Å²) < 4.78 is 18.4. The number of carboxylic acid groups (broad SMARTS) is 1. The largest absolute Gasteiger partial charge is 0.489 e. The lowest BCUT2D eigenvalue weighted by Crippen LogP contribution is -2.00. The summed E-state index contributed by atoms with van der Waals surface area (Å²) in [5.74, 6) is -1.18. The average Bonchev–Trinajstić information content (AvgIpc) is 2.41. The normalized spacial score (nSPS) is 10.3. The van der Waals surface area contributed by atoms with Crippen LogP contribution in [0.15, 0.2) is 36.4 Å². The number of hydrogen-bond donors (Lipinski definition) is 1. The third-order valence-corrected chi connectivity index (χ3v) is 3.23. The molecule has 6 heteroatoms. The van der Waals surface area contributed by atoms with Crippen LogP contribution in [0.25, 0.3) is 0 Å². The van der Waals surface area contributed by atoms with Crippen LogP contribution in [0.3, 0.4) is 0 Å². The second kappa shape index (κ2) is 6.11. The van der Waals surface area contributed by atoms with E-state index in [1.54, 1.807) is 6.07 Å². The highest BCUT2D eigenvalue weighted by Gasteiger charge is 2.08. The van der Waals surface area contributed by atoms with E-state index in [9.17, 15) is 9.18 Å². The van der Waals surface area contributed by atoms with Crippen molar-refractivity contribution in [1.29, 1.82) is 0 Å². The van der Waals surface area contributed by atoms with Crippen molar-refractivity contribution in [2.45, 2.75) is 6.61 Å². The van der Waals surface area contributed by atoms with Gasteiger partial charge in [0.1, 0.15) is 18.2 Å². The highest BCUT2D eigenvalue weighted by molar-refractivity contribution is 6.31. The first-order valence-corrected chi connectivity index (χ1v) is 6.32. The number of benzene rings is 2. The van der Waals surface area contributed by atoms with E-state index in [2.05, 4.69) is 0 Å². The van der Waals surface area contributed by atoms with Crippen molar-refractivity contribution >= 4 is 29.2 Å². The van der Waals surface area contributed by atoms with Crippen LogP contribution in [0.2, 0.25) is 10.0 Å². The summed E-state index contributed by atoms with van der Waals surface area (Å²) in [5, 5.41) is 9.08. The van der Waals surface area contributed by atoms with E-state index < -0.39 is 11.8 Å². The van der Waals surface area contributed by atoms with Crippen molar-refractivity contribution in [3.63, 3.8) is 0 Å². The number of rotatable bonds is 4. The molecule has 104 valence electrons. The Kier molecular flexibility index (Phi) is 4.47. The Balaban J connectivity index is 2.10. The minimum atomic E-state index is -1.05. The van der Waals surface area contributed by atoms with Crippen molar-refractivity contribution in [2.24, 2.45) is 0 Å². The Hall–Kier alpha value is -1.78. The molecular formula is C14H9Cl2FO3. The Bertz CT molecular complexity index is 659. The predicted molar refractivity (Wildman–Crippen MR) is 74.2 cm³/mol. The molecule has 0 saturated heterocycles. The molecule has 2 aromatic rings.